The number of hydrogen-bond acceptors (Lipinski definition) is 4. The molecule has 0 unspecified atom stereocenters. The van der Waals surface area contributed by atoms with Crippen LogP contribution < -0.4 is 5.32 Å². The molecule has 9 heteroatoms. The maximum atomic E-state index is 11.9. The van der Waals surface area contributed by atoms with Crippen LogP contribution in [0.25, 0.3) is 5.69 Å². The molecule has 1 amide bonds. The summed E-state index contributed by atoms with van der Waals surface area (Å²) < 4.78 is 42.1. The average molecular weight is 387 g/mol. The van der Waals surface area contributed by atoms with Crippen molar-refractivity contribution in [2.45, 2.75) is 25.2 Å². The van der Waals surface area contributed by atoms with Crippen LogP contribution in [0.3, 0.4) is 0 Å². The largest absolute Gasteiger partial charge is 0.411 e. The summed E-state index contributed by atoms with van der Waals surface area (Å²) in [5.74, 6) is -0.179. The number of benzene rings is 1. The zero-order chi connectivity index (χ0) is 19.2. The normalized spacial score (nSPS) is 11.6. The Morgan fingerprint density at radius 3 is 2.77 bits per heavy atom. The van der Waals surface area contributed by atoms with Gasteiger partial charge in [-0.15, -0.1) is 0 Å². The molecule has 0 aliphatic carbocycles. The number of nitrogens with one attached hydrogen (secondary N) is 1. The van der Waals surface area contributed by atoms with Crippen molar-refractivity contribution in [1.82, 2.24) is 14.9 Å². The van der Waals surface area contributed by atoms with Crippen molar-refractivity contribution in [2.75, 3.05) is 25.5 Å². The number of aryl methyl sites for hydroxylation is 2. The first-order valence-corrected chi connectivity index (χ1v) is 8.90. The van der Waals surface area contributed by atoms with Gasteiger partial charge in [-0.3, -0.25) is 9.36 Å². The maximum Gasteiger partial charge on any atom is 0.411 e. The number of hydrogen-bond donors (Lipinski definition) is 1. The topological polar surface area (TPSA) is 56.2 Å². The van der Waals surface area contributed by atoms with Gasteiger partial charge >= 0.3 is 6.18 Å². The molecule has 1 heterocycles. The van der Waals surface area contributed by atoms with Crippen molar-refractivity contribution in [3.05, 3.63) is 41.7 Å². The van der Waals surface area contributed by atoms with Gasteiger partial charge in [0.15, 0.2) is 5.16 Å². The Bertz CT molecular complexity index is 747. The molecule has 26 heavy (non-hydrogen) atoms. The minimum atomic E-state index is -4.36. The molecule has 0 atom stereocenters. The Labute approximate surface area is 153 Å². The van der Waals surface area contributed by atoms with Crippen LogP contribution in [0.2, 0.25) is 0 Å². The average Bonchev–Trinajstić information content (AvgIpc) is 3.02. The van der Waals surface area contributed by atoms with E-state index in [0.717, 1.165) is 11.3 Å². The first kappa shape index (κ1) is 20.3. The van der Waals surface area contributed by atoms with Gasteiger partial charge in [-0.1, -0.05) is 17.8 Å². The molecule has 0 aliphatic rings. The number of rotatable bonds is 8. The Kier molecular flexibility index (Phi) is 7.10. The van der Waals surface area contributed by atoms with Crippen molar-refractivity contribution in [3.8, 4) is 5.69 Å². The van der Waals surface area contributed by atoms with Gasteiger partial charge < -0.3 is 10.1 Å². The van der Waals surface area contributed by atoms with Crippen LogP contribution in [-0.2, 0) is 9.53 Å². The predicted molar refractivity (Wildman–Crippen MR) is 93.6 cm³/mol. The van der Waals surface area contributed by atoms with E-state index in [9.17, 15) is 18.0 Å². The lowest BCUT2D eigenvalue weighted by molar-refractivity contribution is -0.173. The quantitative estimate of drug-likeness (QED) is 0.558. The number of carbonyl (C=O) groups excluding carboxylic acids is 1. The highest BCUT2D eigenvalue weighted by Crippen LogP contribution is 2.22. The van der Waals surface area contributed by atoms with E-state index < -0.39 is 12.8 Å². The molecule has 0 bridgehead atoms. The Hall–Kier alpha value is -2.00. The lowest BCUT2D eigenvalue weighted by atomic mass is 10.1. The molecule has 142 valence electrons. The third-order valence-electron chi connectivity index (χ3n) is 3.54. The number of ether oxygens (including phenoxy) is 1. The van der Waals surface area contributed by atoms with Crippen LogP contribution in [0.5, 0.6) is 0 Å². The number of thioether (sulfide) groups is 1. The Balaban J connectivity index is 1.80. The first-order valence-electron chi connectivity index (χ1n) is 7.91. The van der Waals surface area contributed by atoms with E-state index >= 15 is 0 Å². The smallest absolute Gasteiger partial charge is 0.370 e. The van der Waals surface area contributed by atoms with Gasteiger partial charge in [0.2, 0.25) is 5.91 Å². The van der Waals surface area contributed by atoms with E-state index in [0.29, 0.717) is 5.16 Å². The molecular formula is C17H20F3N3O2S. The molecule has 1 aromatic heterocycles. The molecule has 1 N–H and O–H groups in total. The highest BCUT2D eigenvalue weighted by molar-refractivity contribution is 7.99. The number of halogens is 3. The Morgan fingerprint density at radius 2 is 2.08 bits per heavy atom. The van der Waals surface area contributed by atoms with Crippen LogP contribution in [0.1, 0.15) is 11.1 Å². The summed E-state index contributed by atoms with van der Waals surface area (Å²) in [6.45, 7) is 2.58. The minimum absolute atomic E-state index is 0.0288. The summed E-state index contributed by atoms with van der Waals surface area (Å²) in [6, 6.07) is 6.04. The van der Waals surface area contributed by atoms with Crippen molar-refractivity contribution in [2.24, 2.45) is 0 Å². The lowest BCUT2D eigenvalue weighted by Crippen LogP contribution is -2.30. The van der Waals surface area contributed by atoms with Crippen LogP contribution in [0.4, 0.5) is 13.2 Å². The van der Waals surface area contributed by atoms with Gasteiger partial charge in [-0.05, 0) is 37.1 Å². The summed E-state index contributed by atoms with van der Waals surface area (Å²) in [4.78, 5) is 16.0. The molecule has 2 aromatic rings. The fourth-order valence-corrected chi connectivity index (χ4v) is 2.90. The fraction of sp³-hybridized carbons (Fsp3) is 0.412. The number of aromatic nitrogens is 2. The standard InChI is InChI=1S/C17H20F3N3O2S/c1-12-3-4-14(9-13(12)2)23-7-5-22-16(23)26-10-15(24)21-6-8-25-11-17(18,19)20/h3-5,7,9H,6,8,10-11H2,1-2H3,(H,21,24). The monoisotopic (exact) mass is 387 g/mol. The summed E-state index contributed by atoms with van der Waals surface area (Å²) in [6.07, 6.45) is -0.888. The second-order valence-corrected chi connectivity index (χ2v) is 6.60. The van der Waals surface area contributed by atoms with Gasteiger partial charge in [-0.2, -0.15) is 13.2 Å². The second kappa shape index (κ2) is 9.09. The third kappa shape index (κ3) is 6.38. The number of carbonyl (C=O) groups is 1. The second-order valence-electron chi connectivity index (χ2n) is 5.65. The van der Waals surface area contributed by atoms with Gasteiger partial charge in [0.1, 0.15) is 6.61 Å². The summed E-state index contributed by atoms with van der Waals surface area (Å²) in [5.41, 5.74) is 3.30. The van der Waals surface area contributed by atoms with E-state index in [1.807, 2.05) is 42.8 Å². The van der Waals surface area contributed by atoms with E-state index in [4.69, 9.17) is 0 Å². The molecule has 5 nitrogen and oxygen atoms in total. The van der Waals surface area contributed by atoms with E-state index in [-0.39, 0.29) is 24.8 Å². The highest BCUT2D eigenvalue weighted by atomic mass is 32.2. The molecule has 1 aromatic carbocycles. The Morgan fingerprint density at radius 1 is 1.31 bits per heavy atom. The van der Waals surface area contributed by atoms with E-state index in [1.54, 1.807) is 6.20 Å². The lowest BCUT2D eigenvalue weighted by Gasteiger charge is -2.10. The van der Waals surface area contributed by atoms with E-state index in [2.05, 4.69) is 15.0 Å². The summed E-state index contributed by atoms with van der Waals surface area (Å²) >= 11 is 1.25. The third-order valence-corrected chi connectivity index (χ3v) is 4.51. The highest BCUT2D eigenvalue weighted by Gasteiger charge is 2.27. The number of alkyl halides is 3. The van der Waals surface area contributed by atoms with Crippen molar-refractivity contribution in [1.29, 1.82) is 0 Å². The SMILES string of the molecule is Cc1ccc(-n2ccnc2SCC(=O)NCCOCC(F)(F)F)cc1C. The number of nitrogens with zero attached hydrogens (tertiary/aromatic N) is 2. The van der Waals surface area contributed by atoms with Crippen molar-refractivity contribution in [3.63, 3.8) is 0 Å². The van der Waals surface area contributed by atoms with Gasteiger partial charge in [-0.25, -0.2) is 4.98 Å². The van der Waals surface area contributed by atoms with E-state index in [1.165, 1.54) is 17.3 Å². The zero-order valence-corrected chi connectivity index (χ0v) is 15.3. The predicted octanol–water partition coefficient (Wildman–Crippen LogP) is 3.28. The van der Waals surface area contributed by atoms with Crippen LogP contribution in [0, 0.1) is 13.8 Å². The molecule has 0 aliphatic heterocycles. The molecule has 2 rings (SSSR count). The molecule has 0 fully saturated rings. The number of imidazole rings is 1. The van der Waals surface area contributed by atoms with Gasteiger partial charge in [0.05, 0.1) is 12.4 Å². The van der Waals surface area contributed by atoms with Gasteiger partial charge in [0.25, 0.3) is 0 Å². The zero-order valence-electron chi connectivity index (χ0n) is 14.5. The van der Waals surface area contributed by atoms with Crippen molar-refractivity contribution < 1.29 is 22.7 Å². The molecule has 0 saturated carbocycles. The first-order chi connectivity index (χ1) is 12.3. The molecule has 0 radical (unpaired) electrons. The number of amides is 1. The van der Waals surface area contributed by atoms with Crippen LogP contribution in [-0.4, -0.2) is 47.1 Å². The van der Waals surface area contributed by atoms with Crippen LogP contribution >= 0.6 is 11.8 Å². The maximum absolute atomic E-state index is 11.9. The molecule has 0 spiro atoms. The molecular weight excluding hydrogens is 367 g/mol. The minimum Gasteiger partial charge on any atom is -0.370 e. The summed E-state index contributed by atoms with van der Waals surface area (Å²) in [5, 5.41) is 3.18. The summed E-state index contributed by atoms with van der Waals surface area (Å²) in [7, 11) is 0. The molecule has 0 saturated heterocycles. The van der Waals surface area contributed by atoms with Crippen molar-refractivity contribution >= 4 is 17.7 Å². The van der Waals surface area contributed by atoms with Crippen LogP contribution in [0.15, 0.2) is 35.7 Å². The fourth-order valence-electron chi connectivity index (χ4n) is 2.10. The van der Waals surface area contributed by atoms with Gasteiger partial charge in [0, 0.05) is 24.6 Å².